The lowest BCUT2D eigenvalue weighted by Crippen LogP contribution is -2.49. The van der Waals surface area contributed by atoms with E-state index in [0.29, 0.717) is 5.92 Å². The van der Waals surface area contributed by atoms with Crippen molar-refractivity contribution in [3.63, 3.8) is 0 Å². The molecule has 17 heavy (non-hydrogen) atoms. The number of carbonyl (C=O) groups is 1. The molecule has 0 heterocycles. The Labute approximate surface area is 107 Å². The van der Waals surface area contributed by atoms with Crippen LogP contribution in [0.5, 0.6) is 0 Å². The second-order valence-electron chi connectivity index (χ2n) is 5.56. The van der Waals surface area contributed by atoms with Gasteiger partial charge >= 0.3 is 0 Å². The van der Waals surface area contributed by atoms with E-state index in [4.69, 9.17) is 0 Å². The van der Waals surface area contributed by atoms with Crippen molar-refractivity contribution in [2.75, 3.05) is 14.1 Å². The first-order valence-electron chi connectivity index (χ1n) is 6.86. The number of unbranched alkanes of at least 4 members (excludes halogenated alkanes) is 2. The van der Waals surface area contributed by atoms with Crippen molar-refractivity contribution in [2.24, 2.45) is 5.92 Å². The van der Waals surface area contributed by atoms with Gasteiger partial charge in [-0.3, -0.25) is 9.69 Å². The molecule has 0 aliphatic heterocycles. The van der Waals surface area contributed by atoms with E-state index in [1.54, 1.807) is 0 Å². The van der Waals surface area contributed by atoms with Gasteiger partial charge in [0.2, 0.25) is 5.91 Å². The zero-order valence-electron chi connectivity index (χ0n) is 12.4. The highest BCUT2D eigenvalue weighted by Crippen LogP contribution is 2.09. The Bertz CT molecular complexity index is 206. The summed E-state index contributed by atoms with van der Waals surface area (Å²) in [6.45, 7) is 8.47. The fraction of sp³-hybridized carbons (Fsp3) is 0.929. The third-order valence-electron chi connectivity index (χ3n) is 3.09. The summed E-state index contributed by atoms with van der Waals surface area (Å²) in [6, 6.07) is 0.263. The number of hydrogen-bond donors (Lipinski definition) is 1. The summed E-state index contributed by atoms with van der Waals surface area (Å²) >= 11 is 0. The first-order chi connectivity index (χ1) is 7.90. The molecule has 3 nitrogen and oxygen atoms in total. The van der Waals surface area contributed by atoms with Crippen LogP contribution in [-0.4, -0.2) is 37.0 Å². The van der Waals surface area contributed by atoms with Gasteiger partial charge in [-0.15, -0.1) is 0 Å². The number of carbonyl (C=O) groups excluding carboxylic acids is 1. The van der Waals surface area contributed by atoms with Crippen LogP contribution < -0.4 is 5.32 Å². The lowest BCUT2D eigenvalue weighted by Gasteiger charge is -2.28. The van der Waals surface area contributed by atoms with Crippen LogP contribution in [0.2, 0.25) is 0 Å². The first-order valence-corrected chi connectivity index (χ1v) is 6.86. The smallest absolute Gasteiger partial charge is 0.237 e. The maximum absolute atomic E-state index is 12.1. The van der Waals surface area contributed by atoms with Gasteiger partial charge in [0.25, 0.3) is 0 Å². The molecule has 0 fully saturated rings. The number of nitrogens with one attached hydrogen (secondary N) is 1. The standard InChI is InChI=1S/C14H30N2O/c1-7-8-9-10-12(4)15-14(17)13(11(2)3)16(5)6/h11-13H,7-10H2,1-6H3,(H,15,17)/t12-,13-/m0/s1. The largest absolute Gasteiger partial charge is 0.352 e. The van der Waals surface area contributed by atoms with Gasteiger partial charge in [0.15, 0.2) is 0 Å². The van der Waals surface area contributed by atoms with Crippen LogP contribution in [0.1, 0.15) is 53.4 Å². The number of amides is 1. The minimum absolute atomic E-state index is 0.0244. The monoisotopic (exact) mass is 242 g/mol. The van der Waals surface area contributed by atoms with Crippen LogP contribution in [0, 0.1) is 5.92 Å². The summed E-state index contributed by atoms with van der Waals surface area (Å²) in [5, 5.41) is 3.12. The van der Waals surface area contributed by atoms with E-state index in [-0.39, 0.29) is 18.0 Å². The average Bonchev–Trinajstić information content (AvgIpc) is 2.16. The molecule has 0 aliphatic rings. The molecule has 0 unspecified atom stereocenters. The maximum Gasteiger partial charge on any atom is 0.237 e. The van der Waals surface area contributed by atoms with Crippen molar-refractivity contribution in [3.05, 3.63) is 0 Å². The van der Waals surface area contributed by atoms with Gasteiger partial charge in [-0.25, -0.2) is 0 Å². The molecule has 0 aromatic rings. The van der Waals surface area contributed by atoms with E-state index >= 15 is 0 Å². The predicted octanol–water partition coefficient (Wildman–Crippen LogP) is 2.66. The van der Waals surface area contributed by atoms with Gasteiger partial charge in [-0.05, 0) is 33.4 Å². The Morgan fingerprint density at radius 2 is 1.76 bits per heavy atom. The van der Waals surface area contributed by atoms with E-state index in [0.717, 1.165) is 6.42 Å². The van der Waals surface area contributed by atoms with Crippen molar-refractivity contribution in [3.8, 4) is 0 Å². The van der Waals surface area contributed by atoms with Crippen LogP contribution in [0.15, 0.2) is 0 Å². The molecule has 0 saturated heterocycles. The van der Waals surface area contributed by atoms with Gasteiger partial charge < -0.3 is 5.32 Å². The molecule has 0 radical (unpaired) electrons. The average molecular weight is 242 g/mol. The zero-order chi connectivity index (χ0) is 13.4. The number of hydrogen-bond acceptors (Lipinski definition) is 2. The van der Waals surface area contributed by atoms with Crippen LogP contribution in [0.4, 0.5) is 0 Å². The molecule has 0 aliphatic carbocycles. The topological polar surface area (TPSA) is 32.3 Å². The second-order valence-corrected chi connectivity index (χ2v) is 5.56. The summed E-state index contributed by atoms with van der Waals surface area (Å²) in [7, 11) is 3.93. The minimum atomic E-state index is -0.0244. The Balaban J connectivity index is 4.12. The Hall–Kier alpha value is -0.570. The van der Waals surface area contributed by atoms with Crippen molar-refractivity contribution >= 4 is 5.91 Å². The zero-order valence-corrected chi connectivity index (χ0v) is 12.4. The lowest BCUT2D eigenvalue weighted by molar-refractivity contribution is -0.127. The molecular formula is C14H30N2O. The normalized spacial score (nSPS) is 15.1. The molecule has 0 aromatic heterocycles. The highest BCUT2D eigenvalue weighted by atomic mass is 16.2. The van der Waals surface area contributed by atoms with Gasteiger partial charge in [0, 0.05) is 6.04 Å². The van der Waals surface area contributed by atoms with Crippen LogP contribution in [0.3, 0.4) is 0 Å². The predicted molar refractivity (Wildman–Crippen MR) is 74.1 cm³/mol. The summed E-state index contributed by atoms with van der Waals surface area (Å²) in [5.74, 6) is 0.502. The first kappa shape index (κ1) is 16.4. The van der Waals surface area contributed by atoms with Gasteiger partial charge in [-0.2, -0.15) is 0 Å². The van der Waals surface area contributed by atoms with Crippen molar-refractivity contribution in [1.82, 2.24) is 10.2 Å². The quantitative estimate of drug-likeness (QED) is 0.664. The molecule has 1 N–H and O–H groups in total. The summed E-state index contributed by atoms with van der Waals surface area (Å²) in [5.41, 5.74) is 0. The molecule has 0 saturated carbocycles. The van der Waals surface area contributed by atoms with Gasteiger partial charge in [0.05, 0.1) is 6.04 Å². The minimum Gasteiger partial charge on any atom is -0.352 e. The third kappa shape index (κ3) is 6.67. The molecule has 1 amide bonds. The molecule has 102 valence electrons. The third-order valence-corrected chi connectivity index (χ3v) is 3.09. The highest BCUT2D eigenvalue weighted by Gasteiger charge is 2.24. The van der Waals surface area contributed by atoms with Crippen LogP contribution in [0.25, 0.3) is 0 Å². The SMILES string of the molecule is CCCCC[C@H](C)NC(=O)[C@H](C(C)C)N(C)C. The van der Waals surface area contributed by atoms with Gasteiger partial charge in [0.1, 0.15) is 0 Å². The summed E-state index contributed by atoms with van der Waals surface area (Å²) in [6.07, 6.45) is 4.76. The molecule has 0 spiro atoms. The fourth-order valence-corrected chi connectivity index (χ4v) is 2.23. The fourth-order valence-electron chi connectivity index (χ4n) is 2.23. The molecule has 2 atom stereocenters. The lowest BCUT2D eigenvalue weighted by atomic mass is 10.0. The molecule has 3 heteroatoms. The van der Waals surface area contributed by atoms with E-state index in [1.165, 1.54) is 19.3 Å². The van der Waals surface area contributed by atoms with Gasteiger partial charge in [-0.1, -0.05) is 40.0 Å². The highest BCUT2D eigenvalue weighted by molar-refractivity contribution is 5.82. The maximum atomic E-state index is 12.1. The molecule has 0 bridgehead atoms. The number of nitrogens with zero attached hydrogens (tertiary/aromatic N) is 1. The van der Waals surface area contributed by atoms with E-state index in [1.807, 2.05) is 19.0 Å². The van der Waals surface area contributed by atoms with E-state index < -0.39 is 0 Å². The van der Waals surface area contributed by atoms with Crippen LogP contribution in [-0.2, 0) is 4.79 Å². The molecule has 0 aromatic carbocycles. The number of rotatable bonds is 8. The molecule has 0 rings (SSSR count). The van der Waals surface area contributed by atoms with Crippen molar-refractivity contribution in [1.29, 1.82) is 0 Å². The summed E-state index contributed by atoms with van der Waals surface area (Å²) < 4.78 is 0. The second kappa shape index (κ2) is 8.51. The molecular weight excluding hydrogens is 212 g/mol. The van der Waals surface area contributed by atoms with E-state index in [9.17, 15) is 4.79 Å². The Morgan fingerprint density at radius 1 is 1.18 bits per heavy atom. The Morgan fingerprint density at radius 3 is 2.18 bits per heavy atom. The van der Waals surface area contributed by atoms with E-state index in [2.05, 4.69) is 33.0 Å². The Kier molecular flexibility index (Phi) is 8.23. The number of likely N-dealkylation sites (N-methyl/N-ethyl adjacent to an activating group) is 1. The summed E-state index contributed by atoms with van der Waals surface area (Å²) in [4.78, 5) is 14.1. The van der Waals surface area contributed by atoms with Crippen LogP contribution >= 0.6 is 0 Å². The van der Waals surface area contributed by atoms with Crippen molar-refractivity contribution < 1.29 is 4.79 Å². The van der Waals surface area contributed by atoms with Crippen molar-refractivity contribution in [2.45, 2.75) is 65.5 Å².